The molecule has 7 amide bonds. The number of benzene rings is 2. The molecule has 0 radical (unpaired) electrons. The van der Waals surface area contributed by atoms with Crippen molar-refractivity contribution in [1.82, 2.24) is 30.7 Å². The molecule has 56 heavy (non-hydrogen) atoms. The maximum absolute atomic E-state index is 14.5. The number of nitrogens with zero attached hydrogens (tertiary/aromatic N) is 3. The number of carbonyl (C=O) groups excluding carboxylic acids is 7. The van der Waals surface area contributed by atoms with Crippen molar-refractivity contribution < 1.29 is 38.3 Å². The zero-order valence-electron chi connectivity index (χ0n) is 32.3. The summed E-state index contributed by atoms with van der Waals surface area (Å²) in [6.07, 6.45) is 3.87. The van der Waals surface area contributed by atoms with Crippen LogP contribution in [0, 0.1) is 5.92 Å². The van der Waals surface area contributed by atoms with Gasteiger partial charge in [-0.15, -0.1) is 0 Å². The topological polar surface area (TPSA) is 187 Å². The van der Waals surface area contributed by atoms with Crippen molar-refractivity contribution in [3.05, 3.63) is 65.7 Å². The highest BCUT2D eigenvalue weighted by molar-refractivity contribution is 5.98. The van der Waals surface area contributed by atoms with Crippen molar-refractivity contribution in [1.29, 1.82) is 0 Å². The Kier molecular flexibility index (Phi) is 12.9. The van der Waals surface area contributed by atoms with Crippen LogP contribution in [0.15, 0.2) is 54.6 Å². The first kappa shape index (κ1) is 40.2. The fourth-order valence-corrected chi connectivity index (χ4v) is 8.20. The third-order valence-electron chi connectivity index (χ3n) is 11.2. The Morgan fingerprint density at radius 2 is 1.50 bits per heavy atom. The molecule has 0 spiro atoms. The van der Waals surface area contributed by atoms with Gasteiger partial charge in [0.25, 0.3) is 0 Å². The third-order valence-corrected chi connectivity index (χ3v) is 11.2. The molecule has 15 nitrogen and oxygen atoms in total. The van der Waals surface area contributed by atoms with Gasteiger partial charge in [0.15, 0.2) is 0 Å². The Labute approximate surface area is 327 Å². The van der Waals surface area contributed by atoms with E-state index in [-0.39, 0.29) is 31.3 Å². The van der Waals surface area contributed by atoms with Crippen LogP contribution < -0.4 is 21.3 Å². The number of piperidine rings is 1. The molecule has 0 saturated carbocycles. The van der Waals surface area contributed by atoms with Gasteiger partial charge in [0, 0.05) is 31.7 Å². The number of amides is 7. The zero-order valence-corrected chi connectivity index (χ0v) is 32.3. The van der Waals surface area contributed by atoms with Crippen molar-refractivity contribution in [2.24, 2.45) is 5.92 Å². The fourth-order valence-electron chi connectivity index (χ4n) is 8.20. The van der Waals surface area contributed by atoms with E-state index in [1.54, 1.807) is 19.1 Å². The van der Waals surface area contributed by atoms with Crippen LogP contribution >= 0.6 is 0 Å². The molecule has 2 aromatic rings. The van der Waals surface area contributed by atoms with E-state index in [9.17, 15) is 33.6 Å². The van der Waals surface area contributed by atoms with Crippen molar-refractivity contribution in [3.8, 4) is 0 Å². The Bertz CT molecular complexity index is 1790. The Morgan fingerprint density at radius 3 is 2.23 bits per heavy atom. The minimum atomic E-state index is -1.43. The lowest BCUT2D eigenvalue weighted by molar-refractivity contribution is -0.158. The molecule has 0 aliphatic carbocycles. The first-order valence-electron chi connectivity index (χ1n) is 19.8. The smallest absolute Gasteiger partial charge is 0.328 e. The molecule has 6 rings (SSSR count). The number of cyclic esters (lactones) is 1. The standard InChI is InChI=1S/C41H53N7O8/c1-4-27-15-17-29(18-16-27)43-41(55)45-30(22-28-11-6-5-7-12-28)35(49)44-31-24-56-40(54)34-21-25(2)23-48(34)37(51)26(3)42-36(50)32-13-8-9-19-46(32)39(53)33-14-10-20-47(33)38(31)52/h5-7,11-12,15-18,25-26,30-34H,4,8-10,13-14,19-24H2,1-3H3,(H,42,50)(H,44,49)(H2,43,45,55)/t25-,26-,30-,31-,32-,33-,34-/m0/s1. The molecule has 4 heterocycles. The summed E-state index contributed by atoms with van der Waals surface area (Å²) in [6, 6.07) is 9.50. The monoisotopic (exact) mass is 771 g/mol. The van der Waals surface area contributed by atoms with Crippen LogP contribution in [0.5, 0.6) is 0 Å². The van der Waals surface area contributed by atoms with E-state index in [4.69, 9.17) is 4.74 Å². The molecule has 4 aliphatic heterocycles. The Morgan fingerprint density at radius 1 is 0.804 bits per heavy atom. The number of nitrogens with one attached hydrogen (secondary N) is 4. The number of esters is 1. The van der Waals surface area contributed by atoms with Crippen LogP contribution in [0.2, 0.25) is 0 Å². The molecule has 4 N–H and O–H groups in total. The van der Waals surface area contributed by atoms with Gasteiger partial charge in [-0.1, -0.05) is 56.3 Å². The van der Waals surface area contributed by atoms with Crippen LogP contribution in [0.4, 0.5) is 10.5 Å². The largest absolute Gasteiger partial charge is 0.461 e. The molecule has 4 aliphatic rings. The van der Waals surface area contributed by atoms with Gasteiger partial charge in [0.2, 0.25) is 29.5 Å². The number of aryl methyl sites for hydroxylation is 1. The summed E-state index contributed by atoms with van der Waals surface area (Å²) in [5.74, 6) is -3.43. The number of anilines is 1. The highest BCUT2D eigenvalue weighted by atomic mass is 16.5. The van der Waals surface area contributed by atoms with Gasteiger partial charge in [0.05, 0.1) is 0 Å². The number of urea groups is 1. The van der Waals surface area contributed by atoms with Crippen LogP contribution in [0.3, 0.4) is 0 Å². The molecule has 0 aromatic heterocycles. The SMILES string of the molecule is CCc1ccc(NC(=O)N[C@@H](Cc2ccccc2)C(=O)N[C@H]2COC(=O)[C@@H]3C[C@H](C)CN3C(=O)[C@H](C)NC(=O)[C@@H]3CCCCN3C(=O)[C@@H]3CCCN3C2=O)cc1. The van der Waals surface area contributed by atoms with Gasteiger partial charge < -0.3 is 40.7 Å². The molecule has 7 atom stereocenters. The molecule has 15 heteroatoms. The highest BCUT2D eigenvalue weighted by Gasteiger charge is 2.46. The number of ether oxygens (including phenoxy) is 1. The summed E-state index contributed by atoms with van der Waals surface area (Å²) >= 11 is 0. The summed E-state index contributed by atoms with van der Waals surface area (Å²) in [4.78, 5) is 102. The zero-order chi connectivity index (χ0) is 39.9. The van der Waals surface area contributed by atoms with E-state index in [0.29, 0.717) is 50.8 Å². The second-order valence-electron chi connectivity index (χ2n) is 15.4. The number of fused-ring (bicyclic) bond motifs is 3. The van der Waals surface area contributed by atoms with Gasteiger partial charge in [-0.05, 0) is 81.0 Å². The van der Waals surface area contributed by atoms with Crippen LogP contribution in [-0.4, -0.2) is 119 Å². The molecule has 4 saturated heterocycles. The lowest BCUT2D eigenvalue weighted by atomic mass is 9.99. The molecule has 2 aromatic carbocycles. The lowest BCUT2D eigenvalue weighted by Gasteiger charge is -2.39. The normalized spacial score (nSPS) is 26.7. The van der Waals surface area contributed by atoms with Gasteiger partial charge in [0.1, 0.15) is 42.9 Å². The minimum absolute atomic E-state index is 0.0454. The first-order chi connectivity index (χ1) is 26.9. The summed E-state index contributed by atoms with van der Waals surface area (Å²) in [5.41, 5.74) is 2.37. The predicted molar refractivity (Wildman–Crippen MR) is 206 cm³/mol. The van der Waals surface area contributed by atoms with Gasteiger partial charge in [-0.3, -0.25) is 24.0 Å². The van der Waals surface area contributed by atoms with E-state index >= 15 is 0 Å². The van der Waals surface area contributed by atoms with E-state index in [1.807, 2.05) is 56.3 Å². The molecule has 0 bridgehead atoms. The quantitative estimate of drug-likeness (QED) is 0.309. The maximum atomic E-state index is 14.5. The second kappa shape index (κ2) is 18.0. The van der Waals surface area contributed by atoms with Crippen LogP contribution in [0.1, 0.15) is 70.4 Å². The number of carbonyl (C=O) groups is 7. The van der Waals surface area contributed by atoms with E-state index in [2.05, 4.69) is 21.3 Å². The summed E-state index contributed by atoms with van der Waals surface area (Å²) in [5, 5.41) is 11.1. The average molecular weight is 772 g/mol. The first-order valence-corrected chi connectivity index (χ1v) is 19.8. The van der Waals surface area contributed by atoms with E-state index < -0.39 is 78.5 Å². The molecular weight excluding hydrogens is 718 g/mol. The third kappa shape index (κ3) is 9.31. The van der Waals surface area contributed by atoms with Crippen molar-refractivity contribution >= 4 is 47.2 Å². The van der Waals surface area contributed by atoms with Crippen LogP contribution in [-0.2, 0) is 46.3 Å². The summed E-state index contributed by atoms with van der Waals surface area (Å²) < 4.78 is 5.75. The molecule has 0 unspecified atom stereocenters. The van der Waals surface area contributed by atoms with Crippen molar-refractivity contribution in [2.75, 3.05) is 31.6 Å². The highest BCUT2D eigenvalue weighted by Crippen LogP contribution is 2.28. The Hall–Kier alpha value is -5.47. The molecule has 4 fully saturated rings. The number of hydrogen-bond acceptors (Lipinski definition) is 8. The fraction of sp³-hybridized carbons (Fsp3) is 0.537. The second-order valence-corrected chi connectivity index (χ2v) is 15.4. The molecular formula is C41H53N7O8. The van der Waals surface area contributed by atoms with Gasteiger partial charge in [-0.25, -0.2) is 9.59 Å². The maximum Gasteiger partial charge on any atom is 0.328 e. The minimum Gasteiger partial charge on any atom is -0.461 e. The summed E-state index contributed by atoms with van der Waals surface area (Å²) in [7, 11) is 0. The van der Waals surface area contributed by atoms with Crippen LogP contribution in [0.25, 0.3) is 0 Å². The van der Waals surface area contributed by atoms with E-state index in [0.717, 1.165) is 17.5 Å². The predicted octanol–water partition coefficient (Wildman–Crippen LogP) is 2.14. The van der Waals surface area contributed by atoms with Crippen molar-refractivity contribution in [3.63, 3.8) is 0 Å². The average Bonchev–Trinajstić information content (AvgIpc) is 3.86. The summed E-state index contributed by atoms with van der Waals surface area (Å²) in [6.45, 7) is 5.72. The number of hydrogen-bond donors (Lipinski definition) is 4. The lowest BCUT2D eigenvalue weighted by Crippen LogP contribution is -2.62. The Balaban J connectivity index is 1.29. The van der Waals surface area contributed by atoms with Crippen molar-refractivity contribution in [2.45, 2.75) is 108 Å². The molecule has 300 valence electrons. The van der Waals surface area contributed by atoms with E-state index in [1.165, 1.54) is 14.7 Å². The number of rotatable bonds is 7. The van der Waals surface area contributed by atoms with Gasteiger partial charge >= 0.3 is 12.0 Å². The van der Waals surface area contributed by atoms with Gasteiger partial charge in [-0.2, -0.15) is 0 Å².